The molecule has 1 aliphatic rings. The fraction of sp³-hybridized carbons (Fsp3) is 0.636. The van der Waals surface area contributed by atoms with Crippen molar-refractivity contribution >= 4 is 11.8 Å². The number of rotatable bonds is 3. The summed E-state index contributed by atoms with van der Waals surface area (Å²) in [7, 11) is 4.35. The van der Waals surface area contributed by atoms with E-state index in [2.05, 4.69) is 5.10 Å². The number of carboxylic acid groups (broad SMARTS) is 1. The fourth-order valence-electron chi connectivity index (χ4n) is 2.22. The monoisotopic (exact) mass is 284 g/mol. The highest BCUT2D eigenvalue weighted by Crippen LogP contribution is 2.21. The lowest BCUT2D eigenvalue weighted by atomic mass is 10.0. The van der Waals surface area contributed by atoms with Crippen LogP contribution in [-0.2, 0) is 23.6 Å². The van der Waals surface area contributed by atoms with E-state index in [1.807, 2.05) is 0 Å². The van der Waals surface area contributed by atoms with Crippen molar-refractivity contribution in [2.45, 2.75) is 6.04 Å². The number of ether oxygens (including phenoxy) is 1. The summed E-state index contributed by atoms with van der Waals surface area (Å²) in [6.45, 7) is 0.289. The van der Waals surface area contributed by atoms with Crippen LogP contribution in [0.1, 0.15) is 0 Å². The van der Waals surface area contributed by atoms with Gasteiger partial charge in [-0.05, 0) is 0 Å². The van der Waals surface area contributed by atoms with Gasteiger partial charge in [-0.3, -0.25) is 14.2 Å². The Morgan fingerprint density at radius 2 is 2.05 bits per heavy atom. The van der Waals surface area contributed by atoms with Crippen molar-refractivity contribution in [1.29, 1.82) is 0 Å². The molecule has 1 aliphatic heterocycles. The molecule has 1 aromatic rings. The largest absolute Gasteiger partial charge is 0.481 e. The second-order valence-corrected chi connectivity index (χ2v) is 4.75. The number of hydrogen-bond acceptors (Lipinski definition) is 6. The van der Waals surface area contributed by atoms with E-state index in [1.54, 1.807) is 7.05 Å². The van der Waals surface area contributed by atoms with Gasteiger partial charge in [0.2, 0.25) is 5.82 Å². The number of hydrogen-bond donors (Lipinski definition) is 1. The second-order valence-electron chi connectivity index (χ2n) is 4.75. The number of aromatic nitrogens is 3. The molecule has 9 nitrogen and oxygen atoms in total. The van der Waals surface area contributed by atoms with Gasteiger partial charge < -0.3 is 14.7 Å². The van der Waals surface area contributed by atoms with Gasteiger partial charge in [0.25, 0.3) is 5.56 Å². The smallest absolute Gasteiger partial charge is 0.346 e. The van der Waals surface area contributed by atoms with Crippen LogP contribution < -0.4 is 16.1 Å². The zero-order valence-corrected chi connectivity index (χ0v) is 11.4. The molecule has 2 unspecified atom stereocenters. The molecule has 2 rings (SSSR count). The topological polar surface area (TPSA) is 107 Å². The molecule has 0 amide bonds. The molecule has 0 spiro atoms. The number of likely N-dealkylation sites (N-methyl/N-ethyl adjacent to an activating group) is 1. The van der Waals surface area contributed by atoms with E-state index in [9.17, 15) is 14.4 Å². The number of aliphatic carboxylic acids is 1. The van der Waals surface area contributed by atoms with Crippen LogP contribution in [0.2, 0.25) is 0 Å². The van der Waals surface area contributed by atoms with Crippen LogP contribution in [0.4, 0.5) is 5.82 Å². The van der Waals surface area contributed by atoms with Crippen LogP contribution in [0.15, 0.2) is 9.59 Å². The number of aryl methyl sites for hydroxylation is 1. The van der Waals surface area contributed by atoms with Gasteiger partial charge in [-0.2, -0.15) is 0 Å². The first-order chi connectivity index (χ1) is 9.34. The standard InChI is InChI=1S/C11H16N4O5/c1-13(7-5-20-4-6(7)10(17)18)8-9(16)14(2)11(19)15(3)12-8/h6-7H,4-5H2,1-3H3,(H,17,18). The van der Waals surface area contributed by atoms with Crippen LogP contribution in [0, 0.1) is 5.92 Å². The normalized spacial score (nSPS) is 21.9. The lowest BCUT2D eigenvalue weighted by Gasteiger charge is -2.26. The van der Waals surface area contributed by atoms with E-state index in [0.717, 1.165) is 9.25 Å². The summed E-state index contributed by atoms with van der Waals surface area (Å²) in [6.07, 6.45) is 0. The lowest BCUT2D eigenvalue weighted by Crippen LogP contribution is -2.47. The van der Waals surface area contributed by atoms with E-state index >= 15 is 0 Å². The maximum atomic E-state index is 12.1. The molecule has 1 N–H and O–H groups in total. The maximum absolute atomic E-state index is 12.1. The molecule has 0 aromatic carbocycles. The number of carboxylic acids is 1. The van der Waals surface area contributed by atoms with Crippen LogP contribution >= 0.6 is 0 Å². The van der Waals surface area contributed by atoms with Crippen molar-refractivity contribution in [1.82, 2.24) is 14.3 Å². The number of carbonyl (C=O) groups is 1. The molecule has 110 valence electrons. The summed E-state index contributed by atoms with van der Waals surface area (Å²) >= 11 is 0. The summed E-state index contributed by atoms with van der Waals surface area (Å²) in [5, 5.41) is 13.1. The molecule has 0 radical (unpaired) electrons. The maximum Gasteiger partial charge on any atom is 0.346 e. The van der Waals surface area contributed by atoms with Gasteiger partial charge in [0.15, 0.2) is 0 Å². The average Bonchev–Trinajstić information content (AvgIpc) is 2.89. The Morgan fingerprint density at radius 1 is 1.40 bits per heavy atom. The van der Waals surface area contributed by atoms with Crippen molar-refractivity contribution < 1.29 is 14.6 Å². The Bertz CT molecular complexity index is 649. The molecule has 1 aromatic heterocycles. The molecule has 2 atom stereocenters. The van der Waals surface area contributed by atoms with Crippen molar-refractivity contribution in [3.8, 4) is 0 Å². The minimum absolute atomic E-state index is 0.0244. The summed E-state index contributed by atoms with van der Waals surface area (Å²) in [5.74, 6) is -1.69. The average molecular weight is 284 g/mol. The highest BCUT2D eigenvalue weighted by atomic mass is 16.5. The van der Waals surface area contributed by atoms with Crippen molar-refractivity contribution in [2.24, 2.45) is 20.0 Å². The molecule has 2 heterocycles. The van der Waals surface area contributed by atoms with Gasteiger partial charge >= 0.3 is 11.7 Å². The molecular formula is C11H16N4O5. The van der Waals surface area contributed by atoms with Gasteiger partial charge in [-0.25, -0.2) is 9.48 Å². The first kappa shape index (κ1) is 14.3. The highest BCUT2D eigenvalue weighted by molar-refractivity contribution is 5.72. The molecule has 9 heteroatoms. The van der Waals surface area contributed by atoms with Crippen molar-refractivity contribution in [3.63, 3.8) is 0 Å². The van der Waals surface area contributed by atoms with Crippen LogP contribution in [-0.4, -0.2) is 51.7 Å². The van der Waals surface area contributed by atoms with E-state index in [1.165, 1.54) is 19.0 Å². The molecule has 20 heavy (non-hydrogen) atoms. The van der Waals surface area contributed by atoms with E-state index in [-0.39, 0.29) is 19.0 Å². The Labute approximate surface area is 114 Å². The molecule has 0 bridgehead atoms. The van der Waals surface area contributed by atoms with Crippen LogP contribution in [0.3, 0.4) is 0 Å². The molecular weight excluding hydrogens is 268 g/mol. The molecule has 0 aliphatic carbocycles. The van der Waals surface area contributed by atoms with Crippen molar-refractivity contribution in [2.75, 3.05) is 25.2 Å². The predicted octanol–water partition coefficient (Wildman–Crippen LogP) is -1.99. The molecule has 0 saturated carbocycles. The third-order valence-corrected chi connectivity index (χ3v) is 3.50. The zero-order chi connectivity index (χ0) is 15.0. The summed E-state index contributed by atoms with van der Waals surface area (Å²) < 4.78 is 7.15. The highest BCUT2D eigenvalue weighted by Gasteiger charge is 2.38. The Kier molecular flexibility index (Phi) is 3.62. The summed E-state index contributed by atoms with van der Waals surface area (Å²) in [5.41, 5.74) is -1.10. The van der Waals surface area contributed by atoms with Crippen LogP contribution in [0.5, 0.6) is 0 Å². The van der Waals surface area contributed by atoms with Gasteiger partial charge in [0.1, 0.15) is 5.92 Å². The third kappa shape index (κ3) is 2.20. The minimum atomic E-state index is -0.985. The quantitative estimate of drug-likeness (QED) is 0.685. The number of nitrogens with zero attached hydrogens (tertiary/aromatic N) is 4. The first-order valence-corrected chi connectivity index (χ1v) is 6.02. The van der Waals surface area contributed by atoms with Crippen molar-refractivity contribution in [3.05, 3.63) is 20.8 Å². The van der Waals surface area contributed by atoms with Crippen LogP contribution in [0.25, 0.3) is 0 Å². The first-order valence-electron chi connectivity index (χ1n) is 6.02. The SMILES string of the molecule is CN(c1nn(C)c(=O)n(C)c1=O)C1COCC1C(=O)O. The Morgan fingerprint density at radius 3 is 2.65 bits per heavy atom. The second kappa shape index (κ2) is 5.08. The van der Waals surface area contributed by atoms with Gasteiger partial charge in [0, 0.05) is 21.1 Å². The fourth-order valence-corrected chi connectivity index (χ4v) is 2.22. The zero-order valence-electron chi connectivity index (χ0n) is 11.4. The van der Waals surface area contributed by atoms with E-state index < -0.39 is 29.2 Å². The van der Waals surface area contributed by atoms with Gasteiger partial charge in [0.05, 0.1) is 19.3 Å². The van der Waals surface area contributed by atoms with Gasteiger partial charge in [-0.1, -0.05) is 0 Å². The Hall–Kier alpha value is -2.16. The Balaban J connectivity index is 2.44. The minimum Gasteiger partial charge on any atom is -0.481 e. The predicted molar refractivity (Wildman–Crippen MR) is 68.9 cm³/mol. The molecule has 1 saturated heterocycles. The summed E-state index contributed by atoms with van der Waals surface area (Å²) in [6, 6.07) is -0.495. The lowest BCUT2D eigenvalue weighted by molar-refractivity contribution is -0.141. The summed E-state index contributed by atoms with van der Waals surface area (Å²) in [4.78, 5) is 36.3. The van der Waals surface area contributed by atoms with Gasteiger partial charge in [-0.15, -0.1) is 5.10 Å². The number of anilines is 1. The third-order valence-electron chi connectivity index (χ3n) is 3.50. The van der Waals surface area contributed by atoms with E-state index in [0.29, 0.717) is 0 Å². The van der Waals surface area contributed by atoms with E-state index in [4.69, 9.17) is 9.84 Å². The molecule has 1 fully saturated rings.